The minimum Gasteiger partial charge on any atom is -0.258 e. The number of aryl methyl sites for hydroxylation is 1. The van der Waals surface area contributed by atoms with Crippen LogP contribution in [-0.4, -0.2) is 9.85 Å². The standard InChI is InChI=1S/C12H10N3O2S.C6H4FNO2/c1-9-6-10(7-13)8-18(9)14-11-4-2-3-5-12(11)15(16)17;7-5-3-1-2-4-6(5)8(9)10/h2-6,8,14H,1H3;1-4H/q+1;. The predicted octanol–water partition coefficient (Wildman–Crippen LogP) is 5.13. The minimum absolute atomic E-state index is 0.0385. The number of hydrogen-bond acceptors (Lipinski definition) is 6. The second-order valence-corrected chi connectivity index (χ2v) is 7.12. The highest BCUT2D eigenvalue weighted by atomic mass is 32.2. The number of halogens is 1. The average molecular weight is 401 g/mol. The Hall–Kier alpha value is -3.84. The summed E-state index contributed by atoms with van der Waals surface area (Å²) in [6, 6.07) is 15.3. The SMILES string of the molecule is Cc1cc(C#N)c[s+]1Nc1ccccc1[N+](=O)[O-].O=[N+]([O-])c1ccccc1F. The molecule has 0 bridgehead atoms. The Morgan fingerprint density at radius 1 is 1.04 bits per heavy atom. The molecule has 0 aliphatic heterocycles. The molecule has 8 nitrogen and oxygen atoms in total. The molecule has 0 aliphatic rings. The van der Waals surface area contributed by atoms with Gasteiger partial charge in [0.2, 0.25) is 5.82 Å². The van der Waals surface area contributed by atoms with Gasteiger partial charge >= 0.3 is 5.69 Å². The molecular formula is C18H14FN4O4S+. The van der Waals surface area contributed by atoms with Crippen molar-refractivity contribution in [1.82, 2.24) is 0 Å². The molecule has 10 heteroatoms. The molecular weight excluding hydrogens is 387 g/mol. The molecule has 28 heavy (non-hydrogen) atoms. The summed E-state index contributed by atoms with van der Waals surface area (Å²) in [4.78, 5) is 20.7. The normalized spacial score (nSPS) is 10.2. The van der Waals surface area contributed by atoms with Crippen LogP contribution in [0.25, 0.3) is 0 Å². The lowest BCUT2D eigenvalue weighted by Crippen LogP contribution is -1.95. The molecule has 1 N–H and O–H groups in total. The summed E-state index contributed by atoms with van der Waals surface area (Å²) in [5, 5.41) is 31.5. The first-order valence-corrected chi connectivity index (χ1v) is 9.04. The van der Waals surface area contributed by atoms with Crippen molar-refractivity contribution in [3.8, 4) is 6.07 Å². The molecule has 3 aromatic rings. The van der Waals surface area contributed by atoms with Gasteiger partial charge in [-0.2, -0.15) is 14.4 Å². The monoisotopic (exact) mass is 401 g/mol. The molecule has 0 radical (unpaired) electrons. The van der Waals surface area contributed by atoms with Crippen molar-refractivity contribution in [3.63, 3.8) is 0 Å². The predicted molar refractivity (Wildman–Crippen MR) is 104 cm³/mol. The van der Waals surface area contributed by atoms with E-state index >= 15 is 0 Å². The lowest BCUT2D eigenvalue weighted by molar-refractivity contribution is -0.387. The highest BCUT2D eigenvalue weighted by Crippen LogP contribution is 2.32. The maximum Gasteiger partial charge on any atom is 0.304 e. The van der Waals surface area contributed by atoms with Crippen LogP contribution in [0.5, 0.6) is 0 Å². The first kappa shape index (κ1) is 20.5. The highest BCUT2D eigenvalue weighted by molar-refractivity contribution is 7.32. The number of anilines is 1. The maximum atomic E-state index is 12.4. The summed E-state index contributed by atoms with van der Waals surface area (Å²) in [7, 11) is -0.458. The van der Waals surface area contributed by atoms with Gasteiger partial charge in [0, 0.05) is 25.1 Å². The molecule has 0 aliphatic carbocycles. The molecule has 3 rings (SSSR count). The van der Waals surface area contributed by atoms with Crippen LogP contribution in [0.1, 0.15) is 10.4 Å². The zero-order valence-electron chi connectivity index (χ0n) is 14.5. The van der Waals surface area contributed by atoms with Gasteiger partial charge in [-0.15, -0.1) is 0 Å². The Balaban J connectivity index is 0.000000237. The summed E-state index contributed by atoms with van der Waals surface area (Å²) >= 11 is 0. The van der Waals surface area contributed by atoms with Crippen LogP contribution in [-0.2, 0) is 0 Å². The molecule has 2 aromatic carbocycles. The van der Waals surface area contributed by atoms with E-state index in [1.54, 1.807) is 29.6 Å². The Bertz CT molecular complexity index is 1060. The summed E-state index contributed by atoms with van der Waals surface area (Å²) in [6.07, 6.45) is 0. The molecule has 1 aromatic heterocycles. The third-order valence-corrected chi connectivity index (χ3v) is 5.19. The van der Waals surface area contributed by atoms with Crippen LogP contribution in [0.3, 0.4) is 0 Å². The van der Waals surface area contributed by atoms with Crippen LogP contribution in [0.2, 0.25) is 0 Å². The van der Waals surface area contributed by atoms with E-state index in [0.29, 0.717) is 11.3 Å². The molecule has 0 saturated heterocycles. The van der Waals surface area contributed by atoms with E-state index in [2.05, 4.69) is 10.8 Å². The first-order chi connectivity index (χ1) is 13.3. The minimum atomic E-state index is -0.799. The van der Waals surface area contributed by atoms with Crippen LogP contribution < -0.4 is 4.72 Å². The third-order valence-electron chi connectivity index (χ3n) is 3.45. The van der Waals surface area contributed by atoms with Crippen molar-refractivity contribution in [1.29, 1.82) is 5.26 Å². The Morgan fingerprint density at radius 2 is 1.61 bits per heavy atom. The number of nitriles is 1. The van der Waals surface area contributed by atoms with E-state index in [-0.39, 0.29) is 5.69 Å². The van der Waals surface area contributed by atoms with E-state index in [1.165, 1.54) is 18.2 Å². The lowest BCUT2D eigenvalue weighted by Gasteiger charge is -1.99. The Morgan fingerprint density at radius 3 is 2.11 bits per heavy atom. The fourth-order valence-corrected chi connectivity index (χ4v) is 3.59. The van der Waals surface area contributed by atoms with Crippen LogP contribution >= 0.6 is 10.7 Å². The second kappa shape index (κ2) is 9.20. The van der Waals surface area contributed by atoms with Gasteiger partial charge in [0.05, 0.1) is 20.5 Å². The first-order valence-electron chi connectivity index (χ1n) is 7.75. The van der Waals surface area contributed by atoms with Gasteiger partial charge in [-0.25, -0.2) is 0 Å². The topological polar surface area (TPSA) is 122 Å². The number of nitrogens with one attached hydrogen (secondary N) is 1. The van der Waals surface area contributed by atoms with E-state index < -0.39 is 32.0 Å². The summed E-state index contributed by atoms with van der Waals surface area (Å²) in [6.45, 7) is 1.89. The van der Waals surface area contributed by atoms with Gasteiger partial charge < -0.3 is 0 Å². The van der Waals surface area contributed by atoms with Gasteiger partial charge in [-0.1, -0.05) is 24.3 Å². The molecule has 1 heterocycles. The smallest absolute Gasteiger partial charge is 0.258 e. The number of thiophene rings is 1. The fraction of sp³-hybridized carbons (Fsp3) is 0.0556. The molecule has 1 unspecified atom stereocenters. The second-order valence-electron chi connectivity index (χ2n) is 5.36. The third kappa shape index (κ3) is 5.09. The van der Waals surface area contributed by atoms with E-state index in [0.717, 1.165) is 17.0 Å². The fourth-order valence-electron chi connectivity index (χ4n) is 2.14. The molecule has 0 fully saturated rings. The van der Waals surface area contributed by atoms with Crippen molar-refractivity contribution in [3.05, 3.63) is 96.5 Å². The van der Waals surface area contributed by atoms with Gasteiger partial charge in [-0.05, 0) is 12.1 Å². The quantitative estimate of drug-likeness (QED) is 0.367. The van der Waals surface area contributed by atoms with E-state index in [4.69, 9.17) is 5.26 Å². The average Bonchev–Trinajstić information content (AvgIpc) is 3.02. The summed E-state index contributed by atoms with van der Waals surface area (Å²) < 4.78 is 15.5. The van der Waals surface area contributed by atoms with Crippen molar-refractivity contribution >= 4 is 27.7 Å². The number of rotatable bonds is 4. The Kier molecular flexibility index (Phi) is 6.73. The highest BCUT2D eigenvalue weighted by Gasteiger charge is 2.19. The molecule has 0 spiro atoms. The lowest BCUT2D eigenvalue weighted by atomic mass is 10.3. The van der Waals surface area contributed by atoms with E-state index in [9.17, 15) is 24.6 Å². The number of nitro groups is 2. The van der Waals surface area contributed by atoms with Crippen LogP contribution in [0, 0.1) is 44.3 Å². The number of nitro benzene ring substituents is 2. The van der Waals surface area contributed by atoms with Gasteiger partial charge in [0.25, 0.3) is 5.69 Å². The zero-order chi connectivity index (χ0) is 20.7. The molecule has 0 amide bonds. The summed E-state index contributed by atoms with van der Waals surface area (Å²) in [5.74, 6) is -0.799. The largest absolute Gasteiger partial charge is 0.304 e. The molecule has 142 valence electrons. The van der Waals surface area contributed by atoms with Gasteiger partial charge in [-0.3, -0.25) is 20.2 Å². The van der Waals surface area contributed by atoms with E-state index in [1.807, 2.05) is 6.92 Å². The number of benzene rings is 2. The number of nitrogens with zero attached hydrogens (tertiary/aromatic N) is 3. The van der Waals surface area contributed by atoms with Gasteiger partial charge in [0.1, 0.15) is 11.6 Å². The maximum absolute atomic E-state index is 12.4. The van der Waals surface area contributed by atoms with Gasteiger partial charge in [0.15, 0.2) is 15.9 Å². The van der Waals surface area contributed by atoms with Crippen LogP contribution in [0.15, 0.2) is 60.0 Å². The molecule has 0 saturated carbocycles. The van der Waals surface area contributed by atoms with Crippen molar-refractivity contribution in [2.45, 2.75) is 6.92 Å². The van der Waals surface area contributed by atoms with Crippen molar-refractivity contribution in [2.24, 2.45) is 0 Å². The molecule has 1 atom stereocenters. The van der Waals surface area contributed by atoms with Crippen LogP contribution in [0.4, 0.5) is 21.5 Å². The Labute approximate surface area is 161 Å². The van der Waals surface area contributed by atoms with Crippen molar-refractivity contribution in [2.75, 3.05) is 4.72 Å². The summed E-state index contributed by atoms with van der Waals surface area (Å²) in [5.41, 5.74) is 0.607. The number of para-hydroxylation sites is 3. The number of hydrogen-bond donors (Lipinski definition) is 1. The zero-order valence-corrected chi connectivity index (χ0v) is 15.4. The van der Waals surface area contributed by atoms with Crippen molar-refractivity contribution < 1.29 is 14.2 Å².